The lowest BCUT2D eigenvalue weighted by Gasteiger charge is -2.32. The molecule has 3 aromatic rings. The molecule has 11 heteroatoms. The van der Waals surface area contributed by atoms with Crippen molar-refractivity contribution in [2.75, 3.05) is 18.0 Å². The van der Waals surface area contributed by atoms with E-state index in [1.807, 2.05) is 13.8 Å². The molecule has 0 aliphatic heterocycles. The summed E-state index contributed by atoms with van der Waals surface area (Å²) in [5, 5.41) is 3.62. The number of anilines is 1. The predicted octanol–water partition coefficient (Wildman–Crippen LogP) is 5.53. The van der Waals surface area contributed by atoms with Gasteiger partial charge in [0.15, 0.2) is 0 Å². The summed E-state index contributed by atoms with van der Waals surface area (Å²) in [6, 6.07) is 18.0. The Morgan fingerprint density at radius 1 is 0.975 bits per heavy atom. The number of hydrogen-bond acceptors (Lipinski definition) is 5. The molecule has 0 bridgehead atoms. The highest BCUT2D eigenvalue weighted by Crippen LogP contribution is 2.28. The van der Waals surface area contributed by atoms with Crippen molar-refractivity contribution < 1.29 is 22.7 Å². The maximum atomic E-state index is 14.0. The van der Waals surface area contributed by atoms with Crippen LogP contribution in [0.1, 0.15) is 32.8 Å². The minimum absolute atomic E-state index is 0.000428. The zero-order valence-corrected chi connectivity index (χ0v) is 25.1. The molecule has 2 amide bonds. The lowest BCUT2D eigenvalue weighted by atomic mass is 10.1. The van der Waals surface area contributed by atoms with Crippen LogP contribution < -0.4 is 14.4 Å². The summed E-state index contributed by atoms with van der Waals surface area (Å²) in [5.74, 6) is -0.470. The number of hydrogen-bond donors (Lipinski definition) is 1. The van der Waals surface area contributed by atoms with Crippen molar-refractivity contribution in [3.63, 3.8) is 0 Å². The number of sulfonamides is 1. The lowest BCUT2D eigenvalue weighted by Crippen LogP contribution is -2.52. The second kappa shape index (κ2) is 13.9. The highest BCUT2D eigenvalue weighted by molar-refractivity contribution is 7.92. The Morgan fingerprint density at radius 2 is 1.65 bits per heavy atom. The first-order valence-electron chi connectivity index (χ1n) is 12.7. The molecule has 0 aromatic heterocycles. The monoisotopic (exact) mass is 605 g/mol. The normalized spacial score (nSPS) is 12.8. The summed E-state index contributed by atoms with van der Waals surface area (Å²) < 4.78 is 33.9. The van der Waals surface area contributed by atoms with Gasteiger partial charge >= 0.3 is 0 Å². The van der Waals surface area contributed by atoms with E-state index in [4.69, 9.17) is 27.9 Å². The van der Waals surface area contributed by atoms with Crippen LogP contribution >= 0.6 is 23.2 Å². The largest absolute Gasteiger partial charge is 0.497 e. The maximum absolute atomic E-state index is 14.0. The molecule has 3 rings (SSSR count). The van der Waals surface area contributed by atoms with Crippen molar-refractivity contribution in [2.45, 2.75) is 50.7 Å². The number of carbonyl (C=O) groups excluding carboxylic acids is 2. The number of amides is 2. The molecule has 3 aromatic carbocycles. The second-order valence-electron chi connectivity index (χ2n) is 9.27. The molecule has 0 spiro atoms. The Kier molecular flexibility index (Phi) is 10.8. The van der Waals surface area contributed by atoms with Crippen LogP contribution in [0.15, 0.2) is 77.7 Å². The van der Waals surface area contributed by atoms with E-state index in [9.17, 15) is 18.0 Å². The number of rotatable bonds is 12. The highest BCUT2D eigenvalue weighted by Gasteiger charge is 2.33. The van der Waals surface area contributed by atoms with E-state index in [0.717, 1.165) is 4.31 Å². The van der Waals surface area contributed by atoms with E-state index in [2.05, 4.69) is 5.32 Å². The molecule has 0 saturated carbocycles. The second-order valence-corrected chi connectivity index (χ2v) is 12.0. The van der Waals surface area contributed by atoms with E-state index in [-0.39, 0.29) is 29.1 Å². The summed E-state index contributed by atoms with van der Waals surface area (Å²) in [6.07, 6.45) is 0.708. The average Bonchev–Trinajstić information content (AvgIpc) is 2.94. The van der Waals surface area contributed by atoms with Gasteiger partial charge in [-0.2, -0.15) is 0 Å². The number of carbonyl (C=O) groups is 2. The summed E-state index contributed by atoms with van der Waals surface area (Å²) >= 11 is 12.6. The molecular weight excluding hydrogens is 573 g/mol. The minimum atomic E-state index is -4.23. The zero-order chi connectivity index (χ0) is 29.4. The SMILES string of the molecule is CC[C@@H](C)NC(=O)[C@H](C)N(Cc1ccccc1Cl)C(=O)CN(c1cccc(Cl)c1)S(=O)(=O)c1ccc(OC)cc1. The lowest BCUT2D eigenvalue weighted by molar-refractivity contribution is -0.139. The molecule has 214 valence electrons. The Balaban J connectivity index is 2.04. The maximum Gasteiger partial charge on any atom is 0.264 e. The van der Waals surface area contributed by atoms with Gasteiger partial charge in [-0.1, -0.05) is 54.4 Å². The fraction of sp³-hybridized carbons (Fsp3) is 0.310. The molecule has 0 aliphatic rings. The van der Waals surface area contributed by atoms with Crippen molar-refractivity contribution >= 4 is 50.7 Å². The fourth-order valence-corrected chi connectivity index (χ4v) is 5.68. The van der Waals surface area contributed by atoms with Gasteiger partial charge in [-0.15, -0.1) is 0 Å². The van der Waals surface area contributed by atoms with Crippen molar-refractivity contribution in [1.82, 2.24) is 10.2 Å². The van der Waals surface area contributed by atoms with Crippen LogP contribution in [-0.4, -0.2) is 50.9 Å². The van der Waals surface area contributed by atoms with Crippen molar-refractivity contribution in [3.8, 4) is 5.75 Å². The summed E-state index contributed by atoms with van der Waals surface area (Å²) in [5.41, 5.74) is 0.819. The quantitative estimate of drug-likeness (QED) is 0.293. The Labute approximate surface area is 245 Å². The molecule has 8 nitrogen and oxygen atoms in total. The summed E-state index contributed by atoms with van der Waals surface area (Å²) in [4.78, 5) is 28.4. The summed E-state index contributed by atoms with van der Waals surface area (Å²) in [6.45, 7) is 4.83. The number of nitrogens with one attached hydrogen (secondary N) is 1. The van der Waals surface area contributed by atoms with Gasteiger partial charge in [0.2, 0.25) is 11.8 Å². The highest BCUT2D eigenvalue weighted by atomic mass is 35.5. The van der Waals surface area contributed by atoms with Crippen LogP contribution in [0.25, 0.3) is 0 Å². The van der Waals surface area contributed by atoms with E-state index >= 15 is 0 Å². The van der Waals surface area contributed by atoms with E-state index in [0.29, 0.717) is 27.8 Å². The molecule has 40 heavy (non-hydrogen) atoms. The van der Waals surface area contributed by atoms with Gasteiger partial charge in [0, 0.05) is 22.6 Å². The van der Waals surface area contributed by atoms with Crippen LogP contribution in [0.5, 0.6) is 5.75 Å². The Morgan fingerprint density at radius 3 is 2.25 bits per heavy atom. The van der Waals surface area contributed by atoms with E-state index in [1.165, 1.54) is 42.3 Å². The Hall–Kier alpha value is -3.27. The summed E-state index contributed by atoms with van der Waals surface area (Å²) in [7, 11) is -2.75. The third-order valence-electron chi connectivity index (χ3n) is 6.49. The number of ether oxygens (including phenoxy) is 1. The minimum Gasteiger partial charge on any atom is -0.497 e. The number of benzene rings is 3. The number of halogens is 2. The molecule has 0 unspecified atom stereocenters. The molecule has 0 aliphatic carbocycles. The topological polar surface area (TPSA) is 96.0 Å². The van der Waals surface area contributed by atoms with Gasteiger partial charge in [-0.25, -0.2) is 8.42 Å². The van der Waals surface area contributed by atoms with Gasteiger partial charge in [-0.3, -0.25) is 13.9 Å². The third kappa shape index (κ3) is 7.68. The van der Waals surface area contributed by atoms with Crippen molar-refractivity contribution in [3.05, 3.63) is 88.4 Å². The van der Waals surface area contributed by atoms with Gasteiger partial charge in [0.25, 0.3) is 10.0 Å². The van der Waals surface area contributed by atoms with Crippen molar-refractivity contribution in [2.24, 2.45) is 0 Å². The molecule has 0 radical (unpaired) electrons. The first kappa shape index (κ1) is 31.3. The van der Waals surface area contributed by atoms with Gasteiger partial charge in [-0.05, 0) is 74.4 Å². The van der Waals surface area contributed by atoms with Crippen LogP contribution in [0.3, 0.4) is 0 Å². The third-order valence-corrected chi connectivity index (χ3v) is 8.88. The Bertz CT molecular complexity index is 1430. The standard InChI is InChI=1S/C29H33Cl2N3O5S/c1-5-20(2)32-29(36)21(3)33(18-22-9-6-7-12-27(22)31)28(35)19-34(24-11-8-10-23(30)17-24)40(37,38)26-15-13-25(39-4)14-16-26/h6-17,20-21H,5,18-19H2,1-4H3,(H,32,36)/t20-,21+/m1/s1. The molecule has 0 heterocycles. The van der Waals surface area contributed by atoms with Crippen LogP contribution in [0.4, 0.5) is 5.69 Å². The first-order valence-corrected chi connectivity index (χ1v) is 14.9. The molecule has 1 N–H and O–H groups in total. The smallest absolute Gasteiger partial charge is 0.264 e. The molecule has 0 saturated heterocycles. The molecule has 0 fully saturated rings. The van der Waals surface area contributed by atoms with Crippen LogP contribution in [-0.2, 0) is 26.2 Å². The zero-order valence-electron chi connectivity index (χ0n) is 22.8. The predicted molar refractivity (Wildman–Crippen MR) is 158 cm³/mol. The molecule has 2 atom stereocenters. The number of methoxy groups -OCH3 is 1. The van der Waals surface area contributed by atoms with Crippen LogP contribution in [0, 0.1) is 0 Å². The number of nitrogens with zero attached hydrogens (tertiary/aromatic N) is 2. The van der Waals surface area contributed by atoms with E-state index in [1.54, 1.807) is 49.4 Å². The van der Waals surface area contributed by atoms with E-state index < -0.39 is 28.5 Å². The van der Waals surface area contributed by atoms with Gasteiger partial charge in [0.1, 0.15) is 18.3 Å². The van der Waals surface area contributed by atoms with Crippen molar-refractivity contribution in [1.29, 1.82) is 0 Å². The van der Waals surface area contributed by atoms with Gasteiger partial charge < -0.3 is 15.0 Å². The fourth-order valence-electron chi connectivity index (χ4n) is 3.89. The first-order chi connectivity index (χ1) is 19.0. The van der Waals surface area contributed by atoms with Crippen LogP contribution in [0.2, 0.25) is 10.0 Å². The average molecular weight is 607 g/mol. The van der Waals surface area contributed by atoms with Gasteiger partial charge in [0.05, 0.1) is 17.7 Å². The molecular formula is C29H33Cl2N3O5S.